The summed E-state index contributed by atoms with van der Waals surface area (Å²) in [7, 11) is 3.95. The van der Waals surface area contributed by atoms with E-state index < -0.39 is 0 Å². The van der Waals surface area contributed by atoms with Crippen LogP contribution < -0.4 is 5.32 Å². The van der Waals surface area contributed by atoms with Gasteiger partial charge in [0.2, 0.25) is 11.8 Å². The van der Waals surface area contributed by atoms with Crippen molar-refractivity contribution in [1.29, 1.82) is 0 Å². The fourth-order valence-electron chi connectivity index (χ4n) is 5.89. The van der Waals surface area contributed by atoms with E-state index in [1.54, 1.807) is 7.11 Å². The first-order valence-corrected chi connectivity index (χ1v) is 14.1. The van der Waals surface area contributed by atoms with Gasteiger partial charge in [0, 0.05) is 63.5 Å². The third-order valence-electron chi connectivity index (χ3n) is 8.21. The van der Waals surface area contributed by atoms with Crippen molar-refractivity contribution in [3.63, 3.8) is 0 Å². The number of hydrogen-bond acceptors (Lipinski definition) is 5. The molecule has 5 rings (SSSR count). The number of aryl methyl sites for hydroxylation is 1. The lowest BCUT2D eigenvalue weighted by Crippen LogP contribution is -2.51. The Hall–Kier alpha value is -3.42. The van der Waals surface area contributed by atoms with E-state index in [0.717, 1.165) is 68.0 Å². The largest absolute Gasteiger partial charge is 0.501 e. The first kappa shape index (κ1) is 27.2. The molecule has 1 N–H and O–H groups in total. The molecule has 2 amide bonds. The Labute approximate surface area is 232 Å². The van der Waals surface area contributed by atoms with Crippen molar-refractivity contribution in [3.05, 3.63) is 88.8 Å². The predicted octanol–water partition coefficient (Wildman–Crippen LogP) is 4.23. The van der Waals surface area contributed by atoms with E-state index in [1.165, 1.54) is 11.1 Å². The number of rotatable bonds is 8. The van der Waals surface area contributed by atoms with Crippen molar-refractivity contribution in [2.75, 3.05) is 52.2 Å². The number of fused-ring (bicyclic) bond motifs is 1. The third kappa shape index (κ3) is 6.78. The SMILES string of the molecule is COC1=C2CCN(C(=O)Cc3ccc(NC(=O)CCc4ccccc4)cc3)C=C2C(N2CCN(C)CC2)CC1. The van der Waals surface area contributed by atoms with Crippen molar-refractivity contribution in [2.45, 2.75) is 44.6 Å². The molecule has 7 heteroatoms. The van der Waals surface area contributed by atoms with Gasteiger partial charge in [-0.2, -0.15) is 0 Å². The van der Waals surface area contributed by atoms with Crippen molar-refractivity contribution in [3.8, 4) is 0 Å². The van der Waals surface area contributed by atoms with Gasteiger partial charge in [-0.05, 0) is 60.7 Å². The Kier molecular flexibility index (Phi) is 8.79. The van der Waals surface area contributed by atoms with Crippen LogP contribution in [0.15, 0.2) is 77.7 Å². The molecule has 2 heterocycles. The lowest BCUT2D eigenvalue weighted by Gasteiger charge is -2.43. The number of carbonyl (C=O) groups is 2. The minimum Gasteiger partial charge on any atom is -0.501 e. The third-order valence-corrected chi connectivity index (χ3v) is 8.21. The average molecular weight is 529 g/mol. The highest BCUT2D eigenvalue weighted by Gasteiger charge is 2.35. The summed E-state index contributed by atoms with van der Waals surface area (Å²) in [5.74, 6) is 1.17. The standard InChI is InChI=1S/C32H40N4O3/c1-34-18-20-35(21-19-34)29-13-14-30(39-2)27-16-17-36(23-28(27)29)32(38)22-25-8-11-26(12-9-25)33-31(37)15-10-24-6-4-3-5-7-24/h3-9,11-12,23,29H,10,13-22H2,1-2H3,(H,33,37). The second kappa shape index (κ2) is 12.6. The normalized spacial score (nSPS) is 20.3. The summed E-state index contributed by atoms with van der Waals surface area (Å²) < 4.78 is 5.76. The highest BCUT2D eigenvalue weighted by Crippen LogP contribution is 2.38. The van der Waals surface area contributed by atoms with Crippen LogP contribution in [0.4, 0.5) is 5.69 Å². The topological polar surface area (TPSA) is 65.1 Å². The monoisotopic (exact) mass is 528 g/mol. The van der Waals surface area contributed by atoms with E-state index in [4.69, 9.17) is 4.74 Å². The molecule has 1 aliphatic carbocycles. The maximum absolute atomic E-state index is 13.3. The number of allylic oxidation sites excluding steroid dienone is 1. The molecule has 0 saturated carbocycles. The minimum atomic E-state index is -0.00991. The van der Waals surface area contributed by atoms with E-state index in [0.29, 0.717) is 31.8 Å². The predicted molar refractivity (Wildman–Crippen MR) is 154 cm³/mol. The Balaban J connectivity index is 1.20. The van der Waals surface area contributed by atoms with Gasteiger partial charge in [-0.1, -0.05) is 42.5 Å². The highest BCUT2D eigenvalue weighted by atomic mass is 16.5. The van der Waals surface area contributed by atoms with Gasteiger partial charge in [-0.3, -0.25) is 14.5 Å². The number of benzene rings is 2. The number of anilines is 1. The smallest absolute Gasteiger partial charge is 0.230 e. The first-order valence-electron chi connectivity index (χ1n) is 14.1. The molecule has 2 aromatic rings. The molecule has 7 nitrogen and oxygen atoms in total. The molecule has 206 valence electrons. The summed E-state index contributed by atoms with van der Waals surface area (Å²) in [4.78, 5) is 32.6. The number of nitrogens with one attached hydrogen (secondary N) is 1. The van der Waals surface area contributed by atoms with Crippen LogP contribution in [-0.2, 0) is 27.2 Å². The summed E-state index contributed by atoms with van der Waals surface area (Å²) in [6.07, 6.45) is 6.41. The van der Waals surface area contributed by atoms with Gasteiger partial charge in [-0.25, -0.2) is 0 Å². The zero-order chi connectivity index (χ0) is 27.2. The molecule has 1 unspecified atom stereocenters. The van der Waals surface area contributed by atoms with Gasteiger partial charge < -0.3 is 19.9 Å². The van der Waals surface area contributed by atoms with Crippen LogP contribution in [0, 0.1) is 0 Å². The molecule has 1 saturated heterocycles. The molecule has 0 aromatic heterocycles. The number of methoxy groups -OCH3 is 1. The van der Waals surface area contributed by atoms with E-state index in [9.17, 15) is 9.59 Å². The molecule has 2 aromatic carbocycles. The van der Waals surface area contributed by atoms with E-state index >= 15 is 0 Å². The van der Waals surface area contributed by atoms with Gasteiger partial charge in [0.25, 0.3) is 0 Å². The molecule has 1 fully saturated rings. The maximum Gasteiger partial charge on any atom is 0.230 e. The molecule has 2 aliphatic heterocycles. The molecule has 0 radical (unpaired) electrons. The molecule has 0 bridgehead atoms. The Morgan fingerprint density at radius 1 is 0.923 bits per heavy atom. The molecular weight excluding hydrogens is 488 g/mol. The fraction of sp³-hybridized carbons (Fsp3) is 0.438. The van der Waals surface area contributed by atoms with Crippen LogP contribution in [0.5, 0.6) is 0 Å². The van der Waals surface area contributed by atoms with Crippen LogP contribution >= 0.6 is 0 Å². The first-order chi connectivity index (χ1) is 19.0. The fourth-order valence-corrected chi connectivity index (χ4v) is 5.89. The number of nitrogens with zero attached hydrogens (tertiary/aromatic N) is 3. The summed E-state index contributed by atoms with van der Waals surface area (Å²) in [6, 6.07) is 18.0. The van der Waals surface area contributed by atoms with Gasteiger partial charge in [0.1, 0.15) is 0 Å². The molecular formula is C32H40N4O3. The van der Waals surface area contributed by atoms with E-state index in [2.05, 4.69) is 28.4 Å². The quantitative estimate of drug-likeness (QED) is 0.556. The van der Waals surface area contributed by atoms with Crippen molar-refractivity contribution in [1.82, 2.24) is 14.7 Å². The van der Waals surface area contributed by atoms with Crippen LogP contribution in [0.25, 0.3) is 0 Å². The molecule has 3 aliphatic rings. The van der Waals surface area contributed by atoms with Crippen molar-refractivity contribution >= 4 is 17.5 Å². The van der Waals surface area contributed by atoms with Crippen molar-refractivity contribution in [2.24, 2.45) is 0 Å². The summed E-state index contributed by atoms with van der Waals surface area (Å²) in [6.45, 7) is 4.93. The zero-order valence-electron chi connectivity index (χ0n) is 23.2. The number of hydrogen-bond donors (Lipinski definition) is 1. The lowest BCUT2D eigenvalue weighted by molar-refractivity contribution is -0.128. The van der Waals surface area contributed by atoms with Crippen LogP contribution in [0.1, 0.15) is 36.8 Å². The lowest BCUT2D eigenvalue weighted by atomic mass is 9.83. The average Bonchev–Trinajstić information content (AvgIpc) is 2.97. The highest BCUT2D eigenvalue weighted by molar-refractivity contribution is 5.91. The summed E-state index contributed by atoms with van der Waals surface area (Å²) in [5.41, 5.74) is 5.40. The van der Waals surface area contributed by atoms with Crippen LogP contribution in [0.2, 0.25) is 0 Å². The van der Waals surface area contributed by atoms with Crippen LogP contribution in [0.3, 0.4) is 0 Å². The van der Waals surface area contributed by atoms with Gasteiger partial charge in [0.15, 0.2) is 0 Å². The number of likely N-dealkylation sites (N-methyl/N-ethyl adjacent to an activating group) is 1. The van der Waals surface area contributed by atoms with Gasteiger partial charge in [-0.15, -0.1) is 0 Å². The summed E-state index contributed by atoms with van der Waals surface area (Å²) >= 11 is 0. The van der Waals surface area contributed by atoms with E-state index in [1.807, 2.05) is 59.5 Å². The Bertz CT molecular complexity index is 1210. The molecule has 0 spiro atoms. The minimum absolute atomic E-state index is 0.00991. The molecule has 39 heavy (non-hydrogen) atoms. The molecule has 1 atom stereocenters. The Morgan fingerprint density at radius 3 is 2.38 bits per heavy atom. The zero-order valence-corrected chi connectivity index (χ0v) is 23.2. The second-order valence-corrected chi connectivity index (χ2v) is 10.8. The van der Waals surface area contributed by atoms with E-state index in [-0.39, 0.29) is 11.8 Å². The number of piperazine rings is 1. The number of ether oxygens (including phenoxy) is 1. The van der Waals surface area contributed by atoms with Crippen LogP contribution in [-0.4, -0.2) is 79.4 Å². The second-order valence-electron chi connectivity index (χ2n) is 10.8. The maximum atomic E-state index is 13.3. The van der Waals surface area contributed by atoms with Gasteiger partial charge in [0.05, 0.1) is 19.3 Å². The van der Waals surface area contributed by atoms with Crippen molar-refractivity contribution < 1.29 is 14.3 Å². The Morgan fingerprint density at radius 2 is 1.67 bits per heavy atom. The summed E-state index contributed by atoms with van der Waals surface area (Å²) in [5, 5.41) is 2.97. The number of amides is 2. The van der Waals surface area contributed by atoms with Gasteiger partial charge >= 0.3 is 0 Å². The number of carbonyl (C=O) groups excluding carboxylic acids is 2.